The van der Waals surface area contributed by atoms with Crippen molar-refractivity contribution in [2.75, 3.05) is 0 Å². The molecule has 0 atom stereocenters. The van der Waals surface area contributed by atoms with Crippen LogP contribution in [0, 0.1) is 0 Å². The van der Waals surface area contributed by atoms with E-state index < -0.39 is 0 Å². The summed E-state index contributed by atoms with van der Waals surface area (Å²) in [6.07, 6.45) is 0. The number of hydrogen-bond acceptors (Lipinski definition) is 6. The molecule has 124 valence electrons. The topological polar surface area (TPSA) is 77.8 Å². The summed E-state index contributed by atoms with van der Waals surface area (Å²) in [5.74, 6) is 3.39. The number of aromatic nitrogens is 4. The molecule has 0 fully saturated rings. The third kappa shape index (κ3) is 4.64. The van der Waals surface area contributed by atoms with E-state index >= 15 is 0 Å². The Morgan fingerprint density at radius 1 is 0.545 bits per heavy atom. The summed E-state index contributed by atoms with van der Waals surface area (Å²) < 4.78 is 10.1. The van der Waals surface area contributed by atoms with Crippen LogP contribution in [0.15, 0.2) is 9.05 Å². The van der Waals surface area contributed by atoms with Gasteiger partial charge >= 0.3 is 0 Å². The van der Waals surface area contributed by atoms with Gasteiger partial charge in [0.25, 0.3) is 0 Å². The molecular formula is C16H28N4O2. The molecule has 0 radical (unpaired) electrons. The fraction of sp³-hybridized carbons (Fsp3) is 0.750. The van der Waals surface area contributed by atoms with Gasteiger partial charge in [-0.3, -0.25) is 0 Å². The van der Waals surface area contributed by atoms with Gasteiger partial charge in [0.15, 0.2) is 11.5 Å². The quantitative estimate of drug-likeness (QED) is 0.819. The molecule has 0 spiro atoms. The van der Waals surface area contributed by atoms with E-state index in [2.05, 4.69) is 76.1 Å². The van der Waals surface area contributed by atoms with Crippen molar-refractivity contribution in [1.82, 2.24) is 20.7 Å². The molecule has 6 heteroatoms. The van der Waals surface area contributed by atoms with E-state index in [1.807, 2.05) is 0 Å². The van der Waals surface area contributed by atoms with E-state index in [9.17, 15) is 0 Å². The maximum Gasteiger partial charge on any atom is 0.163 e. The van der Waals surface area contributed by atoms with Crippen LogP contribution in [0.3, 0.4) is 0 Å². The summed E-state index contributed by atoms with van der Waals surface area (Å²) in [5, 5.41) is 14.9. The smallest absolute Gasteiger partial charge is 0.163 e. The Labute approximate surface area is 132 Å². The first-order chi connectivity index (χ1) is 10.3. The molecule has 2 rings (SSSR count). The molecule has 0 amide bonds. The predicted molar refractivity (Wildman–Crippen MR) is 85.0 cm³/mol. The number of nitrogens with zero attached hydrogens (tertiary/aromatic N) is 4. The lowest BCUT2D eigenvalue weighted by atomic mass is 10.0. The van der Waals surface area contributed by atoms with Crippen LogP contribution in [0.1, 0.15) is 102 Å². The molecule has 2 aromatic rings. The SMILES string of the molecule is CC(C)c1nnoc1C(C)C.CC(C)c1nnoc1C(C)C. The third-order valence-electron chi connectivity index (χ3n) is 3.22. The summed E-state index contributed by atoms with van der Waals surface area (Å²) in [5.41, 5.74) is 1.97. The largest absolute Gasteiger partial charge is 0.342 e. The molecule has 2 heterocycles. The molecule has 0 saturated heterocycles. The van der Waals surface area contributed by atoms with Crippen LogP contribution in [-0.4, -0.2) is 20.7 Å². The van der Waals surface area contributed by atoms with E-state index in [1.54, 1.807) is 0 Å². The Morgan fingerprint density at radius 3 is 1.05 bits per heavy atom. The molecule has 0 aromatic carbocycles. The molecule has 22 heavy (non-hydrogen) atoms. The van der Waals surface area contributed by atoms with Crippen molar-refractivity contribution < 1.29 is 9.05 Å². The molecule has 0 aliphatic carbocycles. The average molecular weight is 308 g/mol. The van der Waals surface area contributed by atoms with Gasteiger partial charge in [0.05, 0.1) is 0 Å². The van der Waals surface area contributed by atoms with Crippen LogP contribution >= 0.6 is 0 Å². The summed E-state index contributed by atoms with van der Waals surface area (Å²) in [6.45, 7) is 16.7. The normalized spacial score (nSPS) is 11.5. The maximum absolute atomic E-state index is 5.03. The van der Waals surface area contributed by atoms with E-state index in [0.717, 1.165) is 22.9 Å². The van der Waals surface area contributed by atoms with Crippen molar-refractivity contribution in [1.29, 1.82) is 0 Å². The Bertz CT molecular complexity index is 461. The summed E-state index contributed by atoms with van der Waals surface area (Å²) in [6, 6.07) is 0. The molecule has 6 nitrogen and oxygen atoms in total. The van der Waals surface area contributed by atoms with Gasteiger partial charge in [0.2, 0.25) is 0 Å². The maximum atomic E-state index is 5.03. The highest BCUT2D eigenvalue weighted by atomic mass is 16.5. The van der Waals surface area contributed by atoms with E-state index in [0.29, 0.717) is 23.7 Å². The first-order valence-electron chi connectivity index (χ1n) is 7.89. The van der Waals surface area contributed by atoms with Crippen molar-refractivity contribution >= 4 is 0 Å². The van der Waals surface area contributed by atoms with Crippen molar-refractivity contribution in [2.45, 2.75) is 79.1 Å². The summed E-state index contributed by atoms with van der Waals surface area (Å²) >= 11 is 0. The highest BCUT2D eigenvalue weighted by Crippen LogP contribution is 2.23. The van der Waals surface area contributed by atoms with Gasteiger partial charge in [-0.15, -0.1) is 10.2 Å². The van der Waals surface area contributed by atoms with Crippen molar-refractivity contribution in [3.63, 3.8) is 0 Å². The molecule has 0 aliphatic heterocycles. The Kier molecular flexibility index (Phi) is 6.71. The molecule has 0 bridgehead atoms. The minimum absolute atomic E-state index is 0.377. The standard InChI is InChI=1S/2C8H14N2O/c2*1-5(2)7-8(6(3)4)11-10-9-7/h2*5-6H,1-4H3. The first kappa shape index (κ1) is 18.3. The number of rotatable bonds is 4. The van der Waals surface area contributed by atoms with Crippen LogP contribution in [0.4, 0.5) is 0 Å². The molecule has 0 N–H and O–H groups in total. The van der Waals surface area contributed by atoms with Crippen LogP contribution in [0.25, 0.3) is 0 Å². The lowest BCUT2D eigenvalue weighted by Gasteiger charge is -2.03. The minimum atomic E-state index is 0.377. The van der Waals surface area contributed by atoms with Crippen molar-refractivity contribution in [3.8, 4) is 0 Å². The van der Waals surface area contributed by atoms with Crippen LogP contribution in [-0.2, 0) is 0 Å². The zero-order valence-corrected chi connectivity index (χ0v) is 14.9. The van der Waals surface area contributed by atoms with Gasteiger partial charge < -0.3 is 9.05 Å². The van der Waals surface area contributed by atoms with Gasteiger partial charge in [0, 0.05) is 34.2 Å². The monoisotopic (exact) mass is 308 g/mol. The second-order valence-corrected chi connectivity index (χ2v) is 6.66. The lowest BCUT2D eigenvalue weighted by Crippen LogP contribution is -1.95. The average Bonchev–Trinajstić information content (AvgIpc) is 3.08. The summed E-state index contributed by atoms with van der Waals surface area (Å²) in [7, 11) is 0. The van der Waals surface area contributed by atoms with Crippen molar-refractivity contribution in [3.05, 3.63) is 22.9 Å². The highest BCUT2D eigenvalue weighted by Gasteiger charge is 2.16. The zero-order chi connectivity index (χ0) is 16.9. The fourth-order valence-electron chi connectivity index (χ4n) is 2.01. The van der Waals surface area contributed by atoms with E-state index in [1.165, 1.54) is 0 Å². The van der Waals surface area contributed by atoms with Crippen molar-refractivity contribution in [2.24, 2.45) is 0 Å². The molecule has 0 saturated carbocycles. The Morgan fingerprint density at radius 2 is 0.864 bits per heavy atom. The molecule has 0 aliphatic rings. The number of hydrogen-bond donors (Lipinski definition) is 0. The second kappa shape index (κ2) is 8.06. The van der Waals surface area contributed by atoms with Gasteiger partial charge in [-0.2, -0.15) is 0 Å². The van der Waals surface area contributed by atoms with Crippen LogP contribution in [0.2, 0.25) is 0 Å². The van der Waals surface area contributed by atoms with Gasteiger partial charge in [0.1, 0.15) is 11.4 Å². The molecule has 2 aromatic heterocycles. The van der Waals surface area contributed by atoms with Crippen LogP contribution in [0.5, 0.6) is 0 Å². The fourth-order valence-corrected chi connectivity index (χ4v) is 2.01. The minimum Gasteiger partial charge on any atom is -0.342 e. The van der Waals surface area contributed by atoms with E-state index in [-0.39, 0.29) is 0 Å². The van der Waals surface area contributed by atoms with Gasteiger partial charge in [-0.05, 0) is 0 Å². The third-order valence-corrected chi connectivity index (χ3v) is 3.22. The van der Waals surface area contributed by atoms with Gasteiger partial charge in [-0.25, -0.2) is 0 Å². The second-order valence-electron chi connectivity index (χ2n) is 6.66. The Balaban J connectivity index is 0.000000220. The highest BCUT2D eigenvalue weighted by molar-refractivity contribution is 5.13. The molecular weight excluding hydrogens is 280 g/mol. The Hall–Kier alpha value is -1.72. The zero-order valence-electron chi connectivity index (χ0n) is 14.9. The summed E-state index contributed by atoms with van der Waals surface area (Å²) in [4.78, 5) is 0. The lowest BCUT2D eigenvalue weighted by molar-refractivity contribution is 0.351. The first-order valence-corrected chi connectivity index (χ1v) is 7.89. The van der Waals surface area contributed by atoms with E-state index in [4.69, 9.17) is 9.05 Å². The van der Waals surface area contributed by atoms with Crippen LogP contribution < -0.4 is 0 Å². The molecule has 0 unspecified atom stereocenters. The predicted octanol–water partition coefficient (Wildman–Crippen LogP) is 4.63. The van der Waals surface area contributed by atoms with Gasteiger partial charge in [-0.1, -0.05) is 55.4 Å².